The third-order valence-corrected chi connectivity index (χ3v) is 4.52. The molecule has 20 heavy (non-hydrogen) atoms. The van der Waals surface area contributed by atoms with Gasteiger partial charge >= 0.3 is 0 Å². The van der Waals surface area contributed by atoms with Crippen molar-refractivity contribution >= 4 is 20.9 Å². The predicted octanol–water partition coefficient (Wildman–Crippen LogP) is 1.05. The van der Waals surface area contributed by atoms with Crippen LogP contribution in [0.3, 0.4) is 0 Å². The molecule has 0 spiro atoms. The zero-order chi connectivity index (χ0) is 14.4. The van der Waals surface area contributed by atoms with E-state index in [2.05, 4.69) is 9.71 Å². The maximum Gasteiger partial charge on any atom is 0.211 e. The summed E-state index contributed by atoms with van der Waals surface area (Å²) in [6.45, 7) is 0.761. The zero-order valence-corrected chi connectivity index (χ0v) is 12.1. The molecule has 6 heteroatoms. The van der Waals surface area contributed by atoms with Crippen LogP contribution in [-0.2, 0) is 16.4 Å². The molecule has 0 aliphatic heterocycles. The fourth-order valence-corrected chi connectivity index (χ4v) is 3.16. The van der Waals surface area contributed by atoms with Crippen LogP contribution in [0.15, 0.2) is 36.5 Å². The smallest absolute Gasteiger partial charge is 0.211 e. The summed E-state index contributed by atoms with van der Waals surface area (Å²) in [4.78, 5) is 4.35. The molecule has 1 aromatic carbocycles. The fraction of sp³-hybridized carbons (Fsp3) is 0.357. The summed E-state index contributed by atoms with van der Waals surface area (Å²) >= 11 is 0. The minimum atomic E-state index is -3.22. The molecule has 2 rings (SSSR count). The van der Waals surface area contributed by atoms with Gasteiger partial charge in [-0.25, -0.2) is 13.1 Å². The minimum Gasteiger partial charge on any atom is -0.330 e. The Labute approximate surface area is 119 Å². The van der Waals surface area contributed by atoms with E-state index in [9.17, 15) is 8.42 Å². The van der Waals surface area contributed by atoms with E-state index in [0.717, 1.165) is 16.5 Å². The Balaban J connectivity index is 2.00. The van der Waals surface area contributed by atoms with Gasteiger partial charge in [0.1, 0.15) is 0 Å². The van der Waals surface area contributed by atoms with Crippen molar-refractivity contribution < 1.29 is 8.42 Å². The van der Waals surface area contributed by atoms with Gasteiger partial charge in [-0.1, -0.05) is 24.3 Å². The van der Waals surface area contributed by atoms with Crippen molar-refractivity contribution in [2.24, 2.45) is 5.73 Å². The van der Waals surface area contributed by atoms with Crippen LogP contribution in [0.1, 0.15) is 12.0 Å². The Morgan fingerprint density at radius 1 is 1.20 bits per heavy atom. The Morgan fingerprint density at radius 2 is 2.00 bits per heavy atom. The van der Waals surface area contributed by atoms with E-state index in [1.807, 2.05) is 30.3 Å². The molecular weight excluding hydrogens is 274 g/mol. The van der Waals surface area contributed by atoms with Crippen LogP contribution in [0.2, 0.25) is 0 Å². The third-order valence-electron chi connectivity index (χ3n) is 3.05. The molecule has 3 N–H and O–H groups in total. The molecule has 0 radical (unpaired) electrons. The summed E-state index contributed by atoms with van der Waals surface area (Å²) in [5.74, 6) is 0.0806. The molecule has 1 heterocycles. The Hall–Kier alpha value is -1.50. The first-order valence-electron chi connectivity index (χ1n) is 6.62. The molecule has 0 bridgehead atoms. The van der Waals surface area contributed by atoms with Crippen molar-refractivity contribution in [1.82, 2.24) is 9.71 Å². The molecule has 2 aromatic rings. The number of fused-ring (bicyclic) bond motifs is 1. The summed E-state index contributed by atoms with van der Waals surface area (Å²) in [5.41, 5.74) is 7.29. The van der Waals surface area contributed by atoms with E-state index in [4.69, 9.17) is 5.73 Å². The topological polar surface area (TPSA) is 85.1 Å². The first-order chi connectivity index (χ1) is 9.62. The van der Waals surface area contributed by atoms with E-state index >= 15 is 0 Å². The van der Waals surface area contributed by atoms with Gasteiger partial charge in [-0.05, 0) is 31.0 Å². The Kier molecular flexibility index (Phi) is 5.05. The number of para-hydroxylation sites is 1. The molecule has 108 valence electrons. The van der Waals surface area contributed by atoms with Gasteiger partial charge < -0.3 is 5.73 Å². The largest absolute Gasteiger partial charge is 0.330 e. The summed E-state index contributed by atoms with van der Waals surface area (Å²) in [6, 6.07) is 9.82. The lowest BCUT2D eigenvalue weighted by molar-refractivity contribution is 0.579. The molecule has 5 nitrogen and oxygen atoms in total. The Bertz CT molecular complexity index is 666. The first kappa shape index (κ1) is 14.9. The molecular formula is C14H19N3O2S. The third kappa shape index (κ3) is 4.00. The van der Waals surface area contributed by atoms with E-state index in [-0.39, 0.29) is 5.75 Å². The van der Waals surface area contributed by atoms with E-state index < -0.39 is 10.0 Å². The van der Waals surface area contributed by atoms with Gasteiger partial charge in [-0.3, -0.25) is 4.98 Å². The van der Waals surface area contributed by atoms with Crippen LogP contribution in [-0.4, -0.2) is 32.2 Å². The van der Waals surface area contributed by atoms with Gasteiger partial charge in [-0.2, -0.15) is 0 Å². The van der Waals surface area contributed by atoms with Gasteiger partial charge in [-0.15, -0.1) is 0 Å². The highest BCUT2D eigenvalue weighted by Gasteiger charge is 2.09. The lowest BCUT2D eigenvalue weighted by atomic mass is 10.1. The maximum absolute atomic E-state index is 11.7. The van der Waals surface area contributed by atoms with Gasteiger partial charge in [0.15, 0.2) is 0 Å². The van der Waals surface area contributed by atoms with E-state index in [1.165, 1.54) is 0 Å². The zero-order valence-electron chi connectivity index (χ0n) is 11.2. The lowest BCUT2D eigenvalue weighted by Crippen LogP contribution is -2.29. The lowest BCUT2D eigenvalue weighted by Gasteiger charge is -2.08. The quantitative estimate of drug-likeness (QED) is 0.799. The van der Waals surface area contributed by atoms with Crippen molar-refractivity contribution in [2.75, 3.05) is 18.8 Å². The van der Waals surface area contributed by atoms with Crippen LogP contribution in [0.4, 0.5) is 0 Å². The number of nitrogens with zero attached hydrogens (tertiary/aromatic N) is 1. The first-order valence-corrected chi connectivity index (χ1v) is 8.27. The van der Waals surface area contributed by atoms with Crippen molar-refractivity contribution in [3.8, 4) is 0 Å². The molecule has 0 saturated carbocycles. The standard InChI is InChI=1S/C14H19N3O2S/c15-8-3-11-20(18,19)17-10-7-13-5-1-4-12-6-2-9-16-14(12)13/h1-2,4-6,9,17H,3,7-8,10-11,15H2. The number of hydrogen-bond donors (Lipinski definition) is 2. The maximum atomic E-state index is 11.7. The summed E-state index contributed by atoms with van der Waals surface area (Å²) in [6.07, 6.45) is 2.85. The van der Waals surface area contributed by atoms with E-state index in [1.54, 1.807) is 6.20 Å². The van der Waals surface area contributed by atoms with Gasteiger partial charge in [0, 0.05) is 18.1 Å². The number of aromatic nitrogens is 1. The number of sulfonamides is 1. The van der Waals surface area contributed by atoms with Crippen LogP contribution in [0, 0.1) is 0 Å². The molecule has 1 aromatic heterocycles. The number of hydrogen-bond acceptors (Lipinski definition) is 4. The number of benzene rings is 1. The van der Waals surface area contributed by atoms with Crippen LogP contribution in [0.5, 0.6) is 0 Å². The van der Waals surface area contributed by atoms with Crippen molar-refractivity contribution in [1.29, 1.82) is 0 Å². The van der Waals surface area contributed by atoms with Crippen molar-refractivity contribution in [2.45, 2.75) is 12.8 Å². The summed E-state index contributed by atoms with van der Waals surface area (Å²) < 4.78 is 25.9. The average molecular weight is 293 g/mol. The highest BCUT2D eigenvalue weighted by atomic mass is 32.2. The minimum absolute atomic E-state index is 0.0806. The van der Waals surface area contributed by atoms with Gasteiger partial charge in [0.25, 0.3) is 0 Å². The molecule has 0 aliphatic rings. The normalized spacial score (nSPS) is 11.8. The molecule has 0 aliphatic carbocycles. The second-order valence-electron chi connectivity index (χ2n) is 4.60. The number of rotatable bonds is 7. The molecule has 0 atom stereocenters. The predicted molar refractivity (Wildman–Crippen MR) is 80.9 cm³/mol. The number of pyridine rings is 1. The number of nitrogens with one attached hydrogen (secondary N) is 1. The van der Waals surface area contributed by atoms with Gasteiger partial charge in [0.05, 0.1) is 11.3 Å². The monoisotopic (exact) mass is 293 g/mol. The molecule has 0 amide bonds. The fourth-order valence-electron chi connectivity index (χ4n) is 2.06. The molecule has 0 saturated heterocycles. The second kappa shape index (κ2) is 6.78. The summed E-state index contributed by atoms with van der Waals surface area (Å²) in [7, 11) is -3.22. The van der Waals surface area contributed by atoms with Gasteiger partial charge in [0.2, 0.25) is 10.0 Å². The summed E-state index contributed by atoms with van der Waals surface area (Å²) in [5, 5.41) is 1.07. The number of nitrogens with two attached hydrogens (primary N) is 1. The SMILES string of the molecule is NCCCS(=O)(=O)NCCc1cccc2cccnc12. The highest BCUT2D eigenvalue weighted by molar-refractivity contribution is 7.89. The Morgan fingerprint density at radius 3 is 2.80 bits per heavy atom. The van der Waals surface area contributed by atoms with Crippen LogP contribution >= 0.6 is 0 Å². The molecule has 0 fully saturated rings. The second-order valence-corrected chi connectivity index (χ2v) is 6.52. The van der Waals surface area contributed by atoms with Crippen LogP contribution < -0.4 is 10.5 Å². The van der Waals surface area contributed by atoms with Crippen molar-refractivity contribution in [3.05, 3.63) is 42.1 Å². The van der Waals surface area contributed by atoms with Crippen LogP contribution in [0.25, 0.3) is 10.9 Å². The highest BCUT2D eigenvalue weighted by Crippen LogP contribution is 2.16. The molecule has 0 unspecified atom stereocenters. The van der Waals surface area contributed by atoms with Crippen molar-refractivity contribution in [3.63, 3.8) is 0 Å². The average Bonchev–Trinajstić information content (AvgIpc) is 2.45. The van der Waals surface area contributed by atoms with E-state index in [0.29, 0.717) is 25.9 Å².